The van der Waals surface area contributed by atoms with E-state index in [1.54, 1.807) is 12.1 Å². The fraction of sp³-hybridized carbons (Fsp3) is 0.306. The van der Waals surface area contributed by atoms with Gasteiger partial charge in [-0.2, -0.15) is 0 Å². The molecule has 0 radical (unpaired) electrons. The second-order valence-corrected chi connectivity index (χ2v) is 11.4. The third-order valence-corrected chi connectivity index (χ3v) is 8.63. The molecule has 1 aliphatic rings. The summed E-state index contributed by atoms with van der Waals surface area (Å²) in [5.74, 6) is -4.44. The van der Waals surface area contributed by atoms with Crippen molar-refractivity contribution < 1.29 is 24.2 Å². The summed E-state index contributed by atoms with van der Waals surface area (Å²) in [6, 6.07) is 26.2. The second kappa shape index (κ2) is 12.4. The van der Waals surface area contributed by atoms with Gasteiger partial charge in [0.1, 0.15) is 17.5 Å². The van der Waals surface area contributed by atoms with Gasteiger partial charge < -0.3 is 20.5 Å². The summed E-state index contributed by atoms with van der Waals surface area (Å²) in [7, 11) is 1.52. The van der Waals surface area contributed by atoms with E-state index in [9.17, 15) is 19.5 Å². The fourth-order valence-corrected chi connectivity index (χ4v) is 6.56. The summed E-state index contributed by atoms with van der Waals surface area (Å²) < 4.78 is 5.82. The van der Waals surface area contributed by atoms with Crippen LogP contribution in [0.1, 0.15) is 49.8 Å². The number of aryl methyl sites for hydroxylation is 2. The first-order valence-corrected chi connectivity index (χ1v) is 14.8. The van der Waals surface area contributed by atoms with Crippen molar-refractivity contribution in [2.45, 2.75) is 51.6 Å². The zero-order valence-corrected chi connectivity index (χ0v) is 25.0. The number of methoxy groups -OCH3 is 1. The van der Waals surface area contributed by atoms with Crippen LogP contribution in [-0.4, -0.2) is 35.4 Å². The Bertz CT molecular complexity index is 1680. The number of hydrogen-bond acceptors (Lipinski definition) is 5. The van der Waals surface area contributed by atoms with Gasteiger partial charge in [0.2, 0.25) is 11.8 Å². The minimum Gasteiger partial charge on any atom is -0.496 e. The molecule has 4 aromatic rings. The highest BCUT2D eigenvalue weighted by molar-refractivity contribution is 6.11. The Morgan fingerprint density at radius 2 is 1.40 bits per heavy atom. The van der Waals surface area contributed by atoms with E-state index in [1.165, 1.54) is 14.0 Å². The van der Waals surface area contributed by atoms with Crippen LogP contribution in [0.3, 0.4) is 0 Å². The zero-order valence-electron chi connectivity index (χ0n) is 25.0. The Labute approximate surface area is 252 Å². The Balaban J connectivity index is 1.71. The Morgan fingerprint density at radius 3 is 2.00 bits per heavy atom. The summed E-state index contributed by atoms with van der Waals surface area (Å²) in [4.78, 5) is 42.5. The molecule has 0 bridgehead atoms. The molecule has 0 spiro atoms. The van der Waals surface area contributed by atoms with Crippen molar-refractivity contribution in [2.24, 2.45) is 11.8 Å². The number of ether oxygens (including phenoxy) is 1. The summed E-state index contributed by atoms with van der Waals surface area (Å²) in [5, 5.41) is 19.5. The third kappa shape index (κ3) is 5.77. The van der Waals surface area contributed by atoms with Crippen LogP contribution in [0.15, 0.2) is 84.9 Å². The molecule has 7 nitrogen and oxygen atoms in total. The number of carbonyl (C=O) groups is 3. The quantitative estimate of drug-likeness (QED) is 0.213. The average Bonchev–Trinajstić information content (AvgIpc) is 3.00. The highest BCUT2D eigenvalue weighted by Crippen LogP contribution is 2.51. The molecule has 43 heavy (non-hydrogen) atoms. The zero-order chi connectivity index (χ0) is 30.7. The molecule has 1 aliphatic carbocycles. The number of hydrogen-bond donors (Lipinski definition) is 3. The van der Waals surface area contributed by atoms with Gasteiger partial charge in [0.15, 0.2) is 0 Å². The van der Waals surface area contributed by atoms with Crippen LogP contribution in [-0.2, 0) is 27.2 Å². The number of nitrogens with one attached hydrogen (secondary N) is 2. The lowest BCUT2D eigenvalue weighted by molar-refractivity contribution is -0.150. The van der Waals surface area contributed by atoms with Crippen LogP contribution in [0.5, 0.6) is 5.75 Å². The first-order valence-electron chi connectivity index (χ1n) is 14.8. The van der Waals surface area contributed by atoms with Crippen LogP contribution >= 0.6 is 0 Å². The van der Waals surface area contributed by atoms with Crippen molar-refractivity contribution in [1.82, 2.24) is 0 Å². The van der Waals surface area contributed by atoms with Gasteiger partial charge in [0, 0.05) is 29.3 Å². The average molecular weight is 579 g/mol. The highest BCUT2D eigenvalue weighted by atomic mass is 16.5. The number of fused-ring (bicyclic) bond motifs is 1. The standard InChI is InChI=1S/C36H38N2O5/c1-5-22-13-8-11-17-26(22)37-34(40)31-28(39)21-36(3,42)33(35(41)38-27-18-12-9-14-23(27)6-2)32(31)30-25-16-10-7-15-24(25)19-20-29(30)43-4/h7-20,31-33,42H,5-6,21H2,1-4H3,(H,37,40)(H,38,41). The molecule has 222 valence electrons. The third-order valence-electron chi connectivity index (χ3n) is 8.63. The van der Waals surface area contributed by atoms with Gasteiger partial charge in [-0.05, 0) is 59.9 Å². The van der Waals surface area contributed by atoms with E-state index in [-0.39, 0.29) is 6.42 Å². The number of amides is 2. The molecule has 5 rings (SSSR count). The van der Waals surface area contributed by atoms with Gasteiger partial charge >= 0.3 is 0 Å². The Hall–Kier alpha value is -4.49. The van der Waals surface area contributed by atoms with Crippen molar-refractivity contribution in [3.05, 3.63) is 102 Å². The number of carbonyl (C=O) groups excluding carboxylic acids is 3. The molecular weight excluding hydrogens is 540 g/mol. The predicted octanol–water partition coefficient (Wildman–Crippen LogP) is 6.29. The number of ketones is 1. The molecule has 0 heterocycles. The number of rotatable bonds is 8. The minimum absolute atomic E-state index is 0.350. The van der Waals surface area contributed by atoms with Crippen molar-refractivity contribution in [1.29, 1.82) is 0 Å². The first-order chi connectivity index (χ1) is 20.7. The van der Waals surface area contributed by atoms with Crippen molar-refractivity contribution in [3.63, 3.8) is 0 Å². The molecular formula is C36H38N2O5. The van der Waals surface area contributed by atoms with Crippen LogP contribution in [0.25, 0.3) is 10.8 Å². The number of anilines is 2. The molecule has 7 heteroatoms. The lowest BCUT2D eigenvalue weighted by atomic mass is 9.60. The molecule has 2 amide bonds. The van der Waals surface area contributed by atoms with Crippen molar-refractivity contribution in [3.8, 4) is 5.75 Å². The van der Waals surface area contributed by atoms with E-state index >= 15 is 0 Å². The first kappa shape index (κ1) is 30.0. The lowest BCUT2D eigenvalue weighted by Gasteiger charge is -2.45. The maximum atomic E-state index is 14.3. The smallest absolute Gasteiger partial charge is 0.235 e. The van der Waals surface area contributed by atoms with E-state index < -0.39 is 41.0 Å². The molecule has 4 unspecified atom stereocenters. The van der Waals surface area contributed by atoms with Crippen LogP contribution in [0.4, 0.5) is 11.4 Å². The molecule has 0 aromatic heterocycles. The maximum absolute atomic E-state index is 14.3. The summed E-state index contributed by atoms with van der Waals surface area (Å²) in [6.45, 7) is 5.50. The normalized spacial score (nSPS) is 21.8. The van der Waals surface area contributed by atoms with E-state index in [4.69, 9.17) is 4.74 Å². The van der Waals surface area contributed by atoms with Crippen molar-refractivity contribution >= 4 is 39.7 Å². The number of Topliss-reactive ketones (excluding diaryl/α,β-unsaturated/α-hetero) is 1. The maximum Gasteiger partial charge on any atom is 0.235 e. The van der Waals surface area contributed by atoms with E-state index in [2.05, 4.69) is 10.6 Å². The number of aliphatic hydroxyl groups is 1. The van der Waals surface area contributed by atoms with E-state index in [1.807, 2.05) is 86.6 Å². The molecule has 1 saturated carbocycles. The van der Waals surface area contributed by atoms with Gasteiger partial charge in [-0.25, -0.2) is 0 Å². The monoisotopic (exact) mass is 578 g/mol. The number of benzene rings is 4. The largest absolute Gasteiger partial charge is 0.496 e. The second-order valence-electron chi connectivity index (χ2n) is 11.4. The fourth-order valence-electron chi connectivity index (χ4n) is 6.56. The van der Waals surface area contributed by atoms with Gasteiger partial charge in [-0.1, -0.05) is 80.6 Å². The van der Waals surface area contributed by atoms with Gasteiger partial charge in [0.25, 0.3) is 0 Å². The molecule has 1 fully saturated rings. The number of para-hydroxylation sites is 2. The minimum atomic E-state index is -1.74. The van der Waals surface area contributed by atoms with Gasteiger partial charge in [-0.15, -0.1) is 0 Å². The van der Waals surface area contributed by atoms with E-state index in [0.717, 1.165) is 21.9 Å². The van der Waals surface area contributed by atoms with Crippen molar-refractivity contribution in [2.75, 3.05) is 17.7 Å². The van der Waals surface area contributed by atoms with Crippen LogP contribution < -0.4 is 15.4 Å². The molecule has 4 aromatic carbocycles. The summed E-state index contributed by atoms with van der Waals surface area (Å²) in [5.41, 5.74) is 1.91. The SMILES string of the molecule is CCc1ccccc1NC(=O)C1C(=O)CC(C)(O)C(C(=O)Nc2ccccc2CC)C1c1c(OC)ccc2ccccc12. The molecule has 0 saturated heterocycles. The summed E-state index contributed by atoms with van der Waals surface area (Å²) >= 11 is 0. The highest BCUT2D eigenvalue weighted by Gasteiger charge is 2.57. The lowest BCUT2D eigenvalue weighted by Crippen LogP contribution is -2.56. The molecule has 4 atom stereocenters. The molecule has 3 N–H and O–H groups in total. The van der Waals surface area contributed by atoms with Crippen LogP contribution in [0.2, 0.25) is 0 Å². The van der Waals surface area contributed by atoms with Gasteiger partial charge in [0.05, 0.1) is 18.6 Å². The van der Waals surface area contributed by atoms with E-state index in [0.29, 0.717) is 35.5 Å². The Kier molecular flexibility index (Phi) is 8.64. The Morgan fingerprint density at radius 1 is 0.837 bits per heavy atom. The predicted molar refractivity (Wildman–Crippen MR) is 169 cm³/mol. The summed E-state index contributed by atoms with van der Waals surface area (Å²) in [6.07, 6.45) is 1.03. The topological polar surface area (TPSA) is 105 Å². The van der Waals surface area contributed by atoms with Gasteiger partial charge in [-0.3, -0.25) is 14.4 Å². The van der Waals surface area contributed by atoms with Crippen LogP contribution in [0, 0.1) is 11.8 Å². The molecule has 0 aliphatic heterocycles.